The van der Waals surface area contributed by atoms with Gasteiger partial charge in [0.1, 0.15) is 30.9 Å². The molecule has 1 aromatic carbocycles. The minimum atomic E-state index is -0.529. The number of nitriles is 3. The maximum atomic E-state index is 12.3. The highest BCUT2D eigenvalue weighted by Crippen LogP contribution is 2.08. The molecule has 0 amide bonds. The Balaban J connectivity index is 2.53. The fourth-order valence-electron chi connectivity index (χ4n) is 2.81. The molecular weight excluding hydrogens is 484 g/mol. The van der Waals surface area contributed by atoms with E-state index in [9.17, 15) is 9.59 Å². The van der Waals surface area contributed by atoms with Crippen LogP contribution in [0.3, 0.4) is 0 Å². The molecule has 0 heterocycles. The SMILES string of the molecule is [C-]#[N+]/C(C#N)=C/C=C/N(CC)CCOC(=O)c1ccc(C(=O)OCCN(/C=C/C=C(C#N)C#N)CC)cc1. The van der Waals surface area contributed by atoms with Crippen LogP contribution in [0.4, 0.5) is 0 Å². The minimum Gasteiger partial charge on any atom is -0.460 e. The van der Waals surface area contributed by atoms with E-state index in [4.69, 9.17) is 31.8 Å². The second-order valence-corrected chi connectivity index (χ2v) is 7.37. The van der Waals surface area contributed by atoms with E-state index in [-0.39, 0.29) is 24.5 Å². The summed E-state index contributed by atoms with van der Waals surface area (Å²) < 4.78 is 10.6. The van der Waals surface area contributed by atoms with Crippen molar-refractivity contribution in [3.63, 3.8) is 0 Å². The van der Waals surface area contributed by atoms with Gasteiger partial charge in [0.2, 0.25) is 0 Å². The lowest BCUT2D eigenvalue weighted by Gasteiger charge is -2.18. The van der Waals surface area contributed by atoms with Crippen molar-refractivity contribution in [3.8, 4) is 18.2 Å². The van der Waals surface area contributed by atoms with Gasteiger partial charge in [-0.1, -0.05) is 6.08 Å². The maximum absolute atomic E-state index is 12.3. The van der Waals surface area contributed by atoms with Gasteiger partial charge in [0.15, 0.2) is 0 Å². The van der Waals surface area contributed by atoms with Crippen LogP contribution < -0.4 is 0 Å². The lowest BCUT2D eigenvalue weighted by molar-refractivity contribution is 0.0467. The summed E-state index contributed by atoms with van der Waals surface area (Å²) in [6.07, 6.45) is 9.41. The van der Waals surface area contributed by atoms with Crippen molar-refractivity contribution in [1.29, 1.82) is 15.8 Å². The van der Waals surface area contributed by atoms with Gasteiger partial charge in [-0.15, -0.1) is 0 Å². The first-order chi connectivity index (χ1) is 18.4. The summed E-state index contributed by atoms with van der Waals surface area (Å²) in [4.78, 5) is 31.4. The summed E-state index contributed by atoms with van der Waals surface area (Å²) in [7, 11) is 0. The summed E-state index contributed by atoms with van der Waals surface area (Å²) in [5.41, 5.74) is 0.562. The molecule has 0 spiro atoms. The van der Waals surface area contributed by atoms with E-state index in [1.165, 1.54) is 36.4 Å². The highest BCUT2D eigenvalue weighted by Gasteiger charge is 2.11. The normalized spacial score (nSPS) is 10.5. The van der Waals surface area contributed by atoms with E-state index in [0.29, 0.717) is 37.3 Å². The first kappa shape index (κ1) is 30.7. The van der Waals surface area contributed by atoms with Gasteiger partial charge in [0, 0.05) is 13.1 Å². The molecule has 0 fully saturated rings. The second-order valence-electron chi connectivity index (χ2n) is 7.37. The molecule has 1 aromatic rings. The Morgan fingerprint density at radius 2 is 1.29 bits per heavy atom. The Bertz CT molecular complexity index is 1110. The van der Waals surface area contributed by atoms with Crippen LogP contribution in [0.5, 0.6) is 0 Å². The zero-order valence-electron chi connectivity index (χ0n) is 21.3. The van der Waals surface area contributed by atoms with Crippen molar-refractivity contribution >= 4 is 11.9 Å². The third kappa shape index (κ3) is 11.4. The smallest absolute Gasteiger partial charge is 0.338 e. The van der Waals surface area contributed by atoms with Gasteiger partial charge in [0.25, 0.3) is 5.70 Å². The number of hydrogen-bond donors (Lipinski definition) is 0. The number of hydrogen-bond acceptors (Lipinski definition) is 9. The van der Waals surface area contributed by atoms with Gasteiger partial charge in [0.05, 0.1) is 36.9 Å². The fraction of sp³-hybridized carbons (Fsp3) is 0.286. The summed E-state index contributed by atoms with van der Waals surface area (Å²) in [6.45, 7) is 13.1. The second kappa shape index (κ2) is 18.0. The lowest BCUT2D eigenvalue weighted by Crippen LogP contribution is -2.23. The number of carbonyl (C=O) groups is 2. The molecule has 0 aliphatic heterocycles. The quantitative estimate of drug-likeness (QED) is 0.157. The third-order valence-corrected chi connectivity index (χ3v) is 4.98. The minimum absolute atomic E-state index is 0.00570. The van der Waals surface area contributed by atoms with E-state index >= 15 is 0 Å². The molecule has 38 heavy (non-hydrogen) atoms. The highest BCUT2D eigenvalue weighted by molar-refractivity contribution is 5.93. The van der Waals surface area contributed by atoms with Crippen LogP contribution >= 0.6 is 0 Å². The number of carbonyl (C=O) groups excluding carboxylic acids is 2. The Morgan fingerprint density at radius 3 is 1.66 bits per heavy atom. The molecule has 0 bridgehead atoms. The van der Waals surface area contributed by atoms with Gasteiger partial charge in [-0.3, -0.25) is 0 Å². The molecule has 0 saturated heterocycles. The van der Waals surface area contributed by atoms with E-state index in [2.05, 4.69) is 4.85 Å². The van der Waals surface area contributed by atoms with Gasteiger partial charge in [-0.25, -0.2) is 19.7 Å². The van der Waals surface area contributed by atoms with Crippen LogP contribution in [0.1, 0.15) is 34.6 Å². The van der Waals surface area contributed by atoms with Gasteiger partial charge in [-0.2, -0.15) is 10.5 Å². The van der Waals surface area contributed by atoms with Gasteiger partial charge >= 0.3 is 11.9 Å². The third-order valence-electron chi connectivity index (χ3n) is 4.98. The van der Waals surface area contributed by atoms with Crippen molar-refractivity contribution in [2.45, 2.75) is 13.8 Å². The molecule has 0 atom stereocenters. The van der Waals surface area contributed by atoms with Crippen molar-refractivity contribution < 1.29 is 19.1 Å². The van der Waals surface area contributed by atoms with Gasteiger partial charge in [-0.05, 0) is 68.7 Å². The Hall–Kier alpha value is -5.32. The van der Waals surface area contributed by atoms with Gasteiger partial charge < -0.3 is 19.3 Å². The predicted molar refractivity (Wildman–Crippen MR) is 139 cm³/mol. The van der Waals surface area contributed by atoms with Crippen LogP contribution in [-0.2, 0) is 9.47 Å². The topological polar surface area (TPSA) is 135 Å². The summed E-state index contributed by atoms with van der Waals surface area (Å²) in [5.74, 6) is -1.06. The molecule has 194 valence electrons. The lowest BCUT2D eigenvalue weighted by atomic mass is 10.1. The van der Waals surface area contributed by atoms with Crippen molar-refractivity contribution in [3.05, 3.63) is 94.8 Å². The molecule has 0 aliphatic rings. The molecule has 10 nitrogen and oxygen atoms in total. The first-order valence-corrected chi connectivity index (χ1v) is 11.7. The first-order valence-electron chi connectivity index (χ1n) is 11.7. The number of allylic oxidation sites excluding steroid dienone is 6. The standard InChI is InChI=1S/C28H28N6O4/c1-4-33(14-6-8-23(20-29)21-30)16-18-37-27(35)24-10-12-25(13-11-24)28(36)38-19-17-34(5-2)15-7-9-26(22-31)32-3/h6-15H,4-5,16-19H2,1-2H3/b14-6+,15-7+,26-9+. The van der Waals surface area contributed by atoms with Crippen LogP contribution in [0.15, 0.2) is 72.2 Å². The molecule has 0 N–H and O–H groups in total. The average Bonchev–Trinajstić information content (AvgIpc) is 2.95. The number of nitrogens with zero attached hydrogens (tertiary/aromatic N) is 6. The maximum Gasteiger partial charge on any atom is 0.338 e. The molecule has 0 aromatic heterocycles. The largest absolute Gasteiger partial charge is 0.460 e. The van der Waals surface area contributed by atoms with E-state index in [1.54, 1.807) is 42.8 Å². The zero-order valence-corrected chi connectivity index (χ0v) is 21.3. The summed E-state index contributed by atoms with van der Waals surface area (Å²) >= 11 is 0. The average molecular weight is 513 g/mol. The van der Waals surface area contributed by atoms with Crippen molar-refractivity contribution in [2.24, 2.45) is 0 Å². The molecular formula is C28H28N6O4. The van der Waals surface area contributed by atoms with Crippen LogP contribution in [0.25, 0.3) is 4.85 Å². The molecule has 0 saturated carbocycles. The van der Waals surface area contributed by atoms with E-state index < -0.39 is 11.9 Å². The van der Waals surface area contributed by atoms with E-state index in [0.717, 1.165) is 0 Å². The highest BCUT2D eigenvalue weighted by atomic mass is 16.5. The fourth-order valence-corrected chi connectivity index (χ4v) is 2.81. The predicted octanol–water partition coefficient (Wildman–Crippen LogP) is 3.97. The Labute approximate surface area is 223 Å². The zero-order chi connectivity index (χ0) is 28.2. The summed E-state index contributed by atoms with van der Waals surface area (Å²) in [6, 6.07) is 11.3. The molecule has 0 aliphatic carbocycles. The summed E-state index contributed by atoms with van der Waals surface area (Å²) in [5, 5.41) is 26.2. The molecule has 0 unspecified atom stereocenters. The molecule has 10 heteroatoms. The molecule has 1 rings (SSSR count). The molecule has 0 radical (unpaired) electrons. The van der Waals surface area contributed by atoms with E-state index in [1.807, 2.05) is 23.6 Å². The Morgan fingerprint density at radius 1 is 0.842 bits per heavy atom. The Kier molecular flexibility index (Phi) is 14.6. The number of ether oxygens (including phenoxy) is 2. The van der Waals surface area contributed by atoms with Crippen LogP contribution in [0, 0.1) is 40.6 Å². The van der Waals surface area contributed by atoms with Crippen LogP contribution in [0.2, 0.25) is 0 Å². The monoisotopic (exact) mass is 512 g/mol. The van der Waals surface area contributed by atoms with Crippen LogP contribution in [-0.4, -0.2) is 61.1 Å². The number of esters is 2. The number of benzene rings is 1. The van der Waals surface area contributed by atoms with Crippen molar-refractivity contribution in [1.82, 2.24) is 9.80 Å². The number of rotatable bonds is 14. The van der Waals surface area contributed by atoms with Crippen molar-refractivity contribution in [2.75, 3.05) is 39.4 Å². The number of likely N-dealkylation sites (N-methyl/N-ethyl adjacent to an activating group) is 2.